The van der Waals surface area contributed by atoms with Crippen LogP contribution in [0.3, 0.4) is 0 Å². The van der Waals surface area contributed by atoms with Crippen LogP contribution in [0.1, 0.15) is 34.7 Å². The van der Waals surface area contributed by atoms with Gasteiger partial charge in [0.15, 0.2) is 11.7 Å². The number of alkyl halides is 3. The van der Waals surface area contributed by atoms with E-state index in [-0.39, 0.29) is 36.1 Å². The predicted molar refractivity (Wildman–Crippen MR) is 109 cm³/mol. The third kappa shape index (κ3) is 5.14. The summed E-state index contributed by atoms with van der Waals surface area (Å²) in [6.45, 7) is 0.694. The average molecular weight is 493 g/mol. The van der Waals surface area contributed by atoms with E-state index in [0.29, 0.717) is 18.4 Å². The van der Waals surface area contributed by atoms with Gasteiger partial charge in [-0.15, -0.1) is 24.0 Å². The molecule has 1 heterocycles. The van der Waals surface area contributed by atoms with Crippen molar-refractivity contribution in [1.29, 1.82) is 0 Å². The monoisotopic (exact) mass is 493 g/mol. The Morgan fingerprint density at radius 1 is 1.30 bits per heavy atom. The van der Waals surface area contributed by atoms with Gasteiger partial charge in [0.05, 0.1) is 0 Å². The molecule has 0 saturated heterocycles. The van der Waals surface area contributed by atoms with Gasteiger partial charge in [-0.3, -0.25) is 9.67 Å². The third-order valence-electron chi connectivity index (χ3n) is 4.62. The lowest BCUT2D eigenvalue weighted by Gasteiger charge is -2.16. The Hall–Kier alpha value is -1.78. The Morgan fingerprint density at radius 3 is 2.74 bits per heavy atom. The zero-order valence-corrected chi connectivity index (χ0v) is 17.5. The maximum Gasteiger partial charge on any atom is 0.435 e. The van der Waals surface area contributed by atoms with Crippen molar-refractivity contribution in [3.05, 3.63) is 52.8 Å². The first kappa shape index (κ1) is 21.5. The lowest BCUT2D eigenvalue weighted by atomic mass is 10.0. The molecule has 9 heteroatoms. The highest BCUT2D eigenvalue weighted by molar-refractivity contribution is 14.0. The first-order chi connectivity index (χ1) is 12.4. The van der Waals surface area contributed by atoms with Crippen LogP contribution in [0.15, 0.2) is 35.5 Å². The number of guanidine groups is 1. The molecule has 0 fully saturated rings. The molecule has 3 rings (SSSR count). The van der Waals surface area contributed by atoms with Crippen molar-refractivity contribution >= 4 is 29.9 Å². The van der Waals surface area contributed by atoms with Gasteiger partial charge < -0.3 is 10.6 Å². The molecule has 2 aromatic rings. The summed E-state index contributed by atoms with van der Waals surface area (Å²) >= 11 is 0. The first-order valence-corrected chi connectivity index (χ1v) is 8.50. The summed E-state index contributed by atoms with van der Waals surface area (Å²) < 4.78 is 40.2. The molecule has 0 saturated carbocycles. The molecule has 0 amide bonds. The predicted octanol–water partition coefficient (Wildman–Crippen LogP) is 3.45. The van der Waals surface area contributed by atoms with E-state index in [1.165, 1.54) is 29.1 Å². The SMILES string of the molecule is CN=C(NCc1cn(C)nc1C(F)(F)F)NCC1CCc2ccccc21.I. The highest BCUT2D eigenvalue weighted by atomic mass is 127. The highest BCUT2D eigenvalue weighted by Gasteiger charge is 2.36. The summed E-state index contributed by atoms with van der Waals surface area (Å²) in [5.41, 5.74) is 1.93. The molecule has 1 unspecified atom stereocenters. The molecular weight excluding hydrogens is 470 g/mol. The number of nitrogens with zero attached hydrogens (tertiary/aromatic N) is 3. The number of aliphatic imine (C=N–C) groups is 1. The van der Waals surface area contributed by atoms with E-state index in [1.807, 2.05) is 12.1 Å². The lowest BCUT2D eigenvalue weighted by Crippen LogP contribution is -2.39. The second-order valence-electron chi connectivity index (χ2n) is 6.42. The van der Waals surface area contributed by atoms with Crippen molar-refractivity contribution in [2.75, 3.05) is 13.6 Å². The number of halogens is 4. The van der Waals surface area contributed by atoms with Crippen LogP contribution in [0.5, 0.6) is 0 Å². The molecule has 0 spiro atoms. The molecule has 0 aliphatic heterocycles. The number of rotatable bonds is 4. The standard InChI is InChI=1S/C18H22F3N5.HI/c1-22-17(23-9-13-8-7-12-5-3-4-6-15(12)13)24-10-14-11-26(2)25-16(14)18(19,20)21;/h3-6,11,13H,7-10H2,1-2H3,(H2,22,23,24);1H. The maximum absolute atomic E-state index is 13.0. The van der Waals surface area contributed by atoms with Crippen LogP contribution in [0.25, 0.3) is 0 Å². The van der Waals surface area contributed by atoms with Crippen LogP contribution in [0, 0.1) is 0 Å². The number of benzene rings is 1. The number of aryl methyl sites for hydroxylation is 2. The minimum atomic E-state index is -4.47. The van der Waals surface area contributed by atoms with E-state index < -0.39 is 11.9 Å². The number of hydrogen-bond acceptors (Lipinski definition) is 2. The molecule has 0 bridgehead atoms. The maximum atomic E-state index is 13.0. The molecule has 1 aliphatic rings. The Kier molecular flexibility index (Phi) is 7.12. The number of hydrogen-bond donors (Lipinski definition) is 2. The van der Waals surface area contributed by atoms with E-state index in [0.717, 1.165) is 12.8 Å². The van der Waals surface area contributed by atoms with Gasteiger partial charge in [-0.1, -0.05) is 24.3 Å². The van der Waals surface area contributed by atoms with Crippen molar-refractivity contribution in [2.45, 2.75) is 31.5 Å². The molecule has 148 valence electrons. The summed E-state index contributed by atoms with van der Waals surface area (Å²) in [5, 5.41) is 9.67. The Balaban J connectivity index is 0.00000261. The van der Waals surface area contributed by atoms with E-state index >= 15 is 0 Å². The molecule has 0 radical (unpaired) electrons. The molecule has 1 aromatic carbocycles. The lowest BCUT2D eigenvalue weighted by molar-refractivity contribution is -0.142. The van der Waals surface area contributed by atoms with Crippen LogP contribution in [0.4, 0.5) is 13.2 Å². The van der Waals surface area contributed by atoms with Gasteiger partial charge in [0, 0.05) is 44.9 Å². The van der Waals surface area contributed by atoms with Gasteiger partial charge in [-0.05, 0) is 24.0 Å². The fraction of sp³-hybridized carbons (Fsp3) is 0.444. The average Bonchev–Trinajstić information content (AvgIpc) is 3.18. The van der Waals surface area contributed by atoms with Crippen LogP contribution in [-0.2, 0) is 26.2 Å². The normalized spacial score (nSPS) is 16.6. The largest absolute Gasteiger partial charge is 0.435 e. The summed E-state index contributed by atoms with van der Waals surface area (Å²) in [4.78, 5) is 4.10. The fourth-order valence-corrected chi connectivity index (χ4v) is 3.38. The second kappa shape index (κ2) is 8.94. The molecule has 2 N–H and O–H groups in total. The fourth-order valence-electron chi connectivity index (χ4n) is 3.38. The number of fused-ring (bicyclic) bond motifs is 1. The number of aromatic nitrogens is 2. The summed E-state index contributed by atoms with van der Waals surface area (Å²) in [6.07, 6.45) is -0.984. The van der Waals surface area contributed by atoms with Gasteiger partial charge in [0.2, 0.25) is 0 Å². The zero-order chi connectivity index (χ0) is 18.7. The topological polar surface area (TPSA) is 54.2 Å². The van der Waals surface area contributed by atoms with E-state index in [2.05, 4.69) is 32.9 Å². The molecule has 1 aliphatic carbocycles. The van der Waals surface area contributed by atoms with Crippen LogP contribution < -0.4 is 10.6 Å². The van der Waals surface area contributed by atoms with Crippen molar-refractivity contribution in [3.63, 3.8) is 0 Å². The van der Waals surface area contributed by atoms with Crippen molar-refractivity contribution in [2.24, 2.45) is 12.0 Å². The third-order valence-corrected chi connectivity index (χ3v) is 4.62. The van der Waals surface area contributed by atoms with Gasteiger partial charge in [-0.2, -0.15) is 18.3 Å². The quantitative estimate of drug-likeness (QED) is 0.390. The summed E-state index contributed by atoms with van der Waals surface area (Å²) in [7, 11) is 3.08. The van der Waals surface area contributed by atoms with Crippen molar-refractivity contribution in [3.8, 4) is 0 Å². The van der Waals surface area contributed by atoms with Gasteiger partial charge in [0.25, 0.3) is 0 Å². The molecule has 1 aromatic heterocycles. The molecular formula is C18H23F3IN5. The minimum Gasteiger partial charge on any atom is -0.356 e. The zero-order valence-electron chi connectivity index (χ0n) is 15.2. The molecule has 5 nitrogen and oxygen atoms in total. The van der Waals surface area contributed by atoms with E-state index in [1.54, 1.807) is 7.05 Å². The smallest absolute Gasteiger partial charge is 0.356 e. The Bertz CT molecular complexity index is 801. The van der Waals surface area contributed by atoms with E-state index in [4.69, 9.17) is 0 Å². The van der Waals surface area contributed by atoms with Gasteiger partial charge in [0.1, 0.15) is 0 Å². The van der Waals surface area contributed by atoms with Crippen molar-refractivity contribution < 1.29 is 13.2 Å². The van der Waals surface area contributed by atoms with E-state index in [9.17, 15) is 13.2 Å². The summed E-state index contributed by atoms with van der Waals surface area (Å²) in [5.74, 6) is 0.861. The van der Waals surface area contributed by atoms with Crippen molar-refractivity contribution in [1.82, 2.24) is 20.4 Å². The van der Waals surface area contributed by atoms with Crippen LogP contribution >= 0.6 is 24.0 Å². The minimum absolute atomic E-state index is 0. The Morgan fingerprint density at radius 2 is 2.04 bits per heavy atom. The summed E-state index contributed by atoms with van der Waals surface area (Å²) in [6, 6.07) is 8.35. The molecule has 1 atom stereocenters. The van der Waals surface area contributed by atoms with Crippen LogP contribution in [-0.4, -0.2) is 29.3 Å². The second-order valence-corrected chi connectivity index (χ2v) is 6.42. The van der Waals surface area contributed by atoms with Crippen LogP contribution in [0.2, 0.25) is 0 Å². The first-order valence-electron chi connectivity index (χ1n) is 8.50. The number of nitrogens with one attached hydrogen (secondary N) is 2. The van der Waals surface area contributed by atoms with Gasteiger partial charge >= 0.3 is 6.18 Å². The van der Waals surface area contributed by atoms with Gasteiger partial charge in [-0.25, -0.2) is 0 Å². The highest BCUT2D eigenvalue weighted by Crippen LogP contribution is 2.32. The molecule has 27 heavy (non-hydrogen) atoms. The Labute approximate surface area is 173 Å².